The minimum atomic E-state index is 0.512. The number of hydrogen-bond donors (Lipinski definition) is 1. The van der Waals surface area contributed by atoms with E-state index < -0.39 is 0 Å². The zero-order valence-corrected chi connectivity index (χ0v) is 10.3. The molecule has 1 N–H and O–H groups in total. The Labute approximate surface area is 104 Å². The molecule has 1 aliphatic heterocycles. The van der Waals surface area contributed by atoms with Crippen molar-refractivity contribution in [2.75, 3.05) is 31.1 Å². The van der Waals surface area contributed by atoms with E-state index in [0.717, 1.165) is 31.9 Å². The number of halogens is 3. The lowest BCUT2D eigenvalue weighted by molar-refractivity contribution is 0.589. The molecule has 2 nitrogen and oxygen atoms in total. The maximum atomic E-state index is 6.15. The van der Waals surface area contributed by atoms with Crippen LogP contribution in [0.25, 0.3) is 0 Å². The van der Waals surface area contributed by atoms with E-state index in [1.165, 1.54) is 0 Å². The summed E-state index contributed by atoms with van der Waals surface area (Å²) in [5, 5.41) is 5.00. The van der Waals surface area contributed by atoms with Gasteiger partial charge in [-0.05, 0) is 12.1 Å². The van der Waals surface area contributed by atoms with Crippen molar-refractivity contribution in [3.63, 3.8) is 0 Å². The standard InChI is InChI=1S/C10H11Cl3N2/c11-7-5-8(12)10(13)9(6-7)15-3-1-14-2-4-15/h5-6,14H,1-4H2. The highest BCUT2D eigenvalue weighted by Crippen LogP contribution is 2.35. The van der Waals surface area contributed by atoms with Gasteiger partial charge in [-0.15, -0.1) is 0 Å². The highest BCUT2D eigenvalue weighted by Gasteiger charge is 2.15. The van der Waals surface area contributed by atoms with Gasteiger partial charge in [0, 0.05) is 31.2 Å². The smallest absolute Gasteiger partial charge is 0.0826 e. The molecule has 1 aromatic carbocycles. The highest BCUT2D eigenvalue weighted by atomic mass is 35.5. The van der Waals surface area contributed by atoms with E-state index in [-0.39, 0.29) is 0 Å². The molecule has 0 atom stereocenters. The summed E-state index contributed by atoms with van der Waals surface area (Å²) in [7, 11) is 0. The van der Waals surface area contributed by atoms with Crippen LogP contribution in [0.15, 0.2) is 12.1 Å². The zero-order chi connectivity index (χ0) is 10.8. The third-order valence-electron chi connectivity index (χ3n) is 2.43. The van der Waals surface area contributed by atoms with Gasteiger partial charge >= 0.3 is 0 Å². The Bertz CT molecular complexity index is 362. The predicted molar refractivity (Wildman–Crippen MR) is 66.6 cm³/mol. The van der Waals surface area contributed by atoms with Gasteiger partial charge in [0.1, 0.15) is 0 Å². The fourth-order valence-corrected chi connectivity index (χ4v) is 2.39. The molecule has 15 heavy (non-hydrogen) atoms. The molecule has 1 aromatic rings. The van der Waals surface area contributed by atoms with Gasteiger partial charge < -0.3 is 10.2 Å². The Morgan fingerprint density at radius 2 is 1.73 bits per heavy atom. The van der Waals surface area contributed by atoms with Crippen LogP contribution in [-0.4, -0.2) is 26.2 Å². The van der Waals surface area contributed by atoms with Gasteiger partial charge in [-0.1, -0.05) is 34.8 Å². The number of rotatable bonds is 1. The lowest BCUT2D eigenvalue weighted by Gasteiger charge is -2.30. The molecular weight excluding hydrogens is 254 g/mol. The van der Waals surface area contributed by atoms with Gasteiger partial charge in [0.05, 0.1) is 15.7 Å². The van der Waals surface area contributed by atoms with Gasteiger partial charge in [0.15, 0.2) is 0 Å². The van der Waals surface area contributed by atoms with E-state index in [1.54, 1.807) is 6.07 Å². The molecular formula is C10H11Cl3N2. The van der Waals surface area contributed by atoms with E-state index in [0.29, 0.717) is 15.1 Å². The monoisotopic (exact) mass is 264 g/mol. The van der Waals surface area contributed by atoms with Crippen molar-refractivity contribution in [3.05, 3.63) is 27.2 Å². The number of piperazine rings is 1. The van der Waals surface area contributed by atoms with E-state index in [2.05, 4.69) is 10.2 Å². The quantitative estimate of drug-likeness (QED) is 0.785. The predicted octanol–water partition coefficient (Wildman–Crippen LogP) is 3.06. The molecule has 0 saturated carbocycles. The van der Waals surface area contributed by atoms with Gasteiger partial charge in [-0.3, -0.25) is 0 Å². The van der Waals surface area contributed by atoms with Crippen LogP contribution in [-0.2, 0) is 0 Å². The third kappa shape index (κ3) is 2.51. The molecule has 0 aromatic heterocycles. The van der Waals surface area contributed by atoms with Gasteiger partial charge in [0.25, 0.3) is 0 Å². The second kappa shape index (κ2) is 4.79. The number of hydrogen-bond acceptors (Lipinski definition) is 2. The van der Waals surface area contributed by atoms with Crippen LogP contribution < -0.4 is 10.2 Å². The minimum Gasteiger partial charge on any atom is -0.368 e. The van der Waals surface area contributed by atoms with Gasteiger partial charge in [-0.25, -0.2) is 0 Å². The lowest BCUT2D eigenvalue weighted by Crippen LogP contribution is -2.43. The Kier molecular flexibility index (Phi) is 3.62. The van der Waals surface area contributed by atoms with Crippen molar-refractivity contribution in [2.45, 2.75) is 0 Å². The number of nitrogens with one attached hydrogen (secondary N) is 1. The van der Waals surface area contributed by atoms with Gasteiger partial charge in [0.2, 0.25) is 0 Å². The summed E-state index contributed by atoms with van der Waals surface area (Å²) in [4.78, 5) is 2.19. The molecule has 5 heteroatoms. The van der Waals surface area contributed by atoms with E-state index in [1.807, 2.05) is 6.07 Å². The van der Waals surface area contributed by atoms with Crippen molar-refractivity contribution in [1.29, 1.82) is 0 Å². The normalized spacial score (nSPS) is 16.9. The van der Waals surface area contributed by atoms with E-state index >= 15 is 0 Å². The van der Waals surface area contributed by atoms with Crippen molar-refractivity contribution < 1.29 is 0 Å². The Morgan fingerprint density at radius 3 is 2.40 bits per heavy atom. The lowest BCUT2D eigenvalue weighted by atomic mass is 10.2. The second-order valence-electron chi connectivity index (χ2n) is 3.46. The molecule has 0 aliphatic carbocycles. The van der Waals surface area contributed by atoms with Crippen LogP contribution in [0.2, 0.25) is 15.1 Å². The maximum absolute atomic E-state index is 6.15. The van der Waals surface area contributed by atoms with Crippen LogP contribution >= 0.6 is 34.8 Å². The van der Waals surface area contributed by atoms with Crippen LogP contribution in [0.1, 0.15) is 0 Å². The first-order chi connectivity index (χ1) is 7.18. The first-order valence-corrected chi connectivity index (χ1v) is 5.92. The molecule has 0 bridgehead atoms. The summed E-state index contributed by atoms with van der Waals surface area (Å²) < 4.78 is 0. The Hall–Kier alpha value is -0.150. The highest BCUT2D eigenvalue weighted by molar-refractivity contribution is 6.45. The molecule has 0 spiro atoms. The van der Waals surface area contributed by atoms with Crippen molar-refractivity contribution in [2.24, 2.45) is 0 Å². The molecule has 82 valence electrons. The summed E-state index contributed by atoms with van der Waals surface area (Å²) in [6.07, 6.45) is 0. The van der Waals surface area contributed by atoms with Crippen molar-refractivity contribution in [3.8, 4) is 0 Å². The number of nitrogens with zero attached hydrogens (tertiary/aromatic N) is 1. The largest absolute Gasteiger partial charge is 0.368 e. The van der Waals surface area contributed by atoms with Crippen LogP contribution in [0.4, 0.5) is 5.69 Å². The van der Waals surface area contributed by atoms with Gasteiger partial charge in [-0.2, -0.15) is 0 Å². The zero-order valence-electron chi connectivity index (χ0n) is 8.06. The van der Waals surface area contributed by atoms with Crippen molar-refractivity contribution >= 4 is 40.5 Å². The molecule has 1 saturated heterocycles. The fraction of sp³-hybridized carbons (Fsp3) is 0.400. The molecule has 1 heterocycles. The SMILES string of the molecule is Clc1cc(Cl)c(Cl)c(N2CCNCC2)c1. The molecule has 0 unspecified atom stereocenters. The second-order valence-corrected chi connectivity index (χ2v) is 4.68. The molecule has 1 aliphatic rings. The fourth-order valence-electron chi connectivity index (χ4n) is 1.68. The number of benzene rings is 1. The van der Waals surface area contributed by atoms with Crippen molar-refractivity contribution in [1.82, 2.24) is 5.32 Å². The van der Waals surface area contributed by atoms with Crippen LogP contribution in [0.5, 0.6) is 0 Å². The Balaban J connectivity index is 2.33. The summed E-state index contributed by atoms with van der Waals surface area (Å²) in [5.41, 5.74) is 0.927. The first-order valence-electron chi connectivity index (χ1n) is 4.78. The van der Waals surface area contributed by atoms with E-state index in [4.69, 9.17) is 34.8 Å². The minimum absolute atomic E-state index is 0.512. The summed E-state index contributed by atoms with van der Waals surface area (Å²) >= 11 is 18.1. The Morgan fingerprint density at radius 1 is 1.07 bits per heavy atom. The molecule has 2 rings (SSSR count). The number of anilines is 1. The average Bonchev–Trinajstić information content (AvgIpc) is 2.24. The molecule has 0 radical (unpaired) electrons. The maximum Gasteiger partial charge on any atom is 0.0826 e. The van der Waals surface area contributed by atoms with E-state index in [9.17, 15) is 0 Å². The summed E-state index contributed by atoms with van der Waals surface area (Å²) in [6, 6.07) is 3.53. The molecule has 1 fully saturated rings. The van der Waals surface area contributed by atoms with Crippen LogP contribution in [0.3, 0.4) is 0 Å². The topological polar surface area (TPSA) is 15.3 Å². The van der Waals surface area contributed by atoms with Crippen LogP contribution in [0, 0.1) is 0 Å². The third-order valence-corrected chi connectivity index (χ3v) is 3.44. The molecule has 0 amide bonds. The summed E-state index contributed by atoms with van der Waals surface area (Å²) in [6.45, 7) is 3.77. The average molecular weight is 266 g/mol. The first kappa shape index (κ1) is 11.3. The summed E-state index contributed by atoms with van der Waals surface area (Å²) in [5.74, 6) is 0.